The van der Waals surface area contributed by atoms with Crippen LogP contribution < -0.4 is 11.5 Å². The molecule has 0 aliphatic heterocycles. The molecule has 0 spiro atoms. The van der Waals surface area contributed by atoms with Crippen molar-refractivity contribution in [2.45, 2.75) is 0 Å². The molecule has 0 aliphatic rings. The highest BCUT2D eigenvalue weighted by molar-refractivity contribution is 5.84. The Hall–Kier alpha value is -3.33. The largest absolute Gasteiger partial charge is 0.464 e. The van der Waals surface area contributed by atoms with Crippen LogP contribution in [0.5, 0.6) is 0 Å². The lowest BCUT2D eigenvalue weighted by Crippen LogP contribution is -2.05. The van der Waals surface area contributed by atoms with E-state index in [-0.39, 0.29) is 17.3 Å². The summed E-state index contributed by atoms with van der Waals surface area (Å²) in [5.41, 5.74) is 13.5. The van der Waals surface area contributed by atoms with Gasteiger partial charge in [-0.1, -0.05) is 24.3 Å². The first-order valence-corrected chi connectivity index (χ1v) is 6.17. The van der Waals surface area contributed by atoms with Gasteiger partial charge < -0.3 is 15.9 Å². The van der Waals surface area contributed by atoms with Crippen LogP contribution >= 0.6 is 0 Å². The summed E-state index contributed by atoms with van der Waals surface area (Å²) in [7, 11) is 0. The van der Waals surface area contributed by atoms with Crippen molar-refractivity contribution in [3.63, 3.8) is 0 Å². The van der Waals surface area contributed by atoms with Crippen molar-refractivity contribution < 1.29 is 4.42 Å². The van der Waals surface area contributed by atoms with E-state index in [1.165, 1.54) is 0 Å². The maximum absolute atomic E-state index is 9.30. The molecule has 6 heteroatoms. The van der Waals surface area contributed by atoms with Crippen LogP contribution in [0.15, 0.2) is 47.1 Å². The second-order valence-corrected chi connectivity index (χ2v) is 4.33. The van der Waals surface area contributed by atoms with Gasteiger partial charge in [-0.25, -0.2) is 4.98 Å². The van der Waals surface area contributed by atoms with Gasteiger partial charge in [-0.15, -0.1) is 0 Å². The third kappa shape index (κ3) is 2.17. The number of nitrogens with zero attached hydrogens (tertiary/aromatic N) is 3. The van der Waals surface area contributed by atoms with E-state index in [1.807, 2.05) is 36.4 Å². The minimum atomic E-state index is 0.0238. The SMILES string of the molecule is N#Cc1c(N)nc(N)nc1-c1ccccc1-c1ccco1. The Morgan fingerprint density at radius 3 is 2.43 bits per heavy atom. The minimum absolute atomic E-state index is 0.0238. The van der Waals surface area contributed by atoms with Crippen molar-refractivity contribution in [1.29, 1.82) is 5.26 Å². The number of hydrogen-bond acceptors (Lipinski definition) is 6. The van der Waals surface area contributed by atoms with E-state index >= 15 is 0 Å². The Morgan fingerprint density at radius 1 is 1.00 bits per heavy atom. The normalized spacial score (nSPS) is 10.2. The van der Waals surface area contributed by atoms with Crippen molar-refractivity contribution in [3.05, 3.63) is 48.2 Å². The van der Waals surface area contributed by atoms with Crippen LogP contribution in [0.1, 0.15) is 5.56 Å². The smallest absolute Gasteiger partial charge is 0.222 e. The van der Waals surface area contributed by atoms with Gasteiger partial charge in [0, 0.05) is 11.1 Å². The average molecular weight is 277 g/mol. The van der Waals surface area contributed by atoms with Crippen LogP contribution in [-0.2, 0) is 0 Å². The zero-order chi connectivity index (χ0) is 14.8. The predicted molar refractivity (Wildman–Crippen MR) is 78.7 cm³/mol. The second-order valence-electron chi connectivity index (χ2n) is 4.33. The number of nitrogen functional groups attached to an aromatic ring is 2. The molecule has 3 aromatic rings. The standard InChI is InChI=1S/C15H11N5O/c16-8-11-13(19-15(18)20-14(11)17)10-5-2-1-4-9(10)12-6-3-7-21-12/h1-7H,(H4,17,18,19,20). The zero-order valence-electron chi connectivity index (χ0n) is 10.9. The van der Waals surface area contributed by atoms with E-state index in [0.717, 1.165) is 5.56 Å². The van der Waals surface area contributed by atoms with Gasteiger partial charge in [-0.3, -0.25) is 0 Å². The molecule has 0 saturated heterocycles. The Balaban J connectivity index is 2.30. The highest BCUT2D eigenvalue weighted by atomic mass is 16.3. The first kappa shape index (κ1) is 12.7. The highest BCUT2D eigenvalue weighted by Crippen LogP contribution is 2.34. The molecular weight excluding hydrogens is 266 g/mol. The number of nitrogens with two attached hydrogens (primary N) is 2. The maximum Gasteiger partial charge on any atom is 0.222 e. The fraction of sp³-hybridized carbons (Fsp3) is 0. The molecule has 4 N–H and O–H groups in total. The van der Waals surface area contributed by atoms with Crippen molar-refractivity contribution in [2.75, 3.05) is 11.5 Å². The van der Waals surface area contributed by atoms with E-state index in [1.54, 1.807) is 12.3 Å². The van der Waals surface area contributed by atoms with Gasteiger partial charge in [0.1, 0.15) is 23.2 Å². The van der Waals surface area contributed by atoms with Crippen LogP contribution in [-0.4, -0.2) is 9.97 Å². The lowest BCUT2D eigenvalue weighted by molar-refractivity contribution is 0.582. The summed E-state index contributed by atoms with van der Waals surface area (Å²) in [6, 6.07) is 13.1. The van der Waals surface area contributed by atoms with E-state index in [2.05, 4.69) is 9.97 Å². The molecule has 2 heterocycles. The monoisotopic (exact) mass is 277 g/mol. The van der Waals surface area contributed by atoms with Crippen LogP contribution in [0, 0.1) is 11.3 Å². The number of benzene rings is 1. The third-order valence-electron chi connectivity index (χ3n) is 3.03. The lowest BCUT2D eigenvalue weighted by atomic mass is 9.99. The molecule has 0 atom stereocenters. The quantitative estimate of drug-likeness (QED) is 0.743. The molecule has 0 saturated carbocycles. The summed E-state index contributed by atoms with van der Waals surface area (Å²) in [6.07, 6.45) is 1.58. The van der Waals surface area contributed by atoms with Gasteiger partial charge in [0.25, 0.3) is 0 Å². The number of aromatic nitrogens is 2. The topological polar surface area (TPSA) is 115 Å². The number of anilines is 2. The number of nitriles is 1. The van der Waals surface area contributed by atoms with Gasteiger partial charge >= 0.3 is 0 Å². The summed E-state index contributed by atoms with van der Waals surface area (Å²) in [5.74, 6) is 0.759. The van der Waals surface area contributed by atoms with E-state index in [4.69, 9.17) is 15.9 Å². The fourth-order valence-corrected chi connectivity index (χ4v) is 2.14. The summed E-state index contributed by atoms with van der Waals surface area (Å²) in [6.45, 7) is 0. The molecule has 0 unspecified atom stereocenters. The van der Waals surface area contributed by atoms with Crippen LogP contribution in [0.4, 0.5) is 11.8 Å². The van der Waals surface area contributed by atoms with E-state index < -0.39 is 0 Å². The molecule has 0 bridgehead atoms. The molecule has 1 aromatic carbocycles. The summed E-state index contributed by atoms with van der Waals surface area (Å²) < 4.78 is 5.43. The minimum Gasteiger partial charge on any atom is -0.464 e. The Kier molecular flexibility index (Phi) is 3.01. The summed E-state index contributed by atoms with van der Waals surface area (Å²) in [4.78, 5) is 7.99. The number of hydrogen-bond donors (Lipinski definition) is 2. The zero-order valence-corrected chi connectivity index (χ0v) is 10.9. The number of furan rings is 1. The first-order chi connectivity index (χ1) is 10.2. The first-order valence-electron chi connectivity index (χ1n) is 6.17. The van der Waals surface area contributed by atoms with Crippen molar-refractivity contribution in [1.82, 2.24) is 9.97 Å². The third-order valence-corrected chi connectivity index (χ3v) is 3.03. The molecule has 0 fully saturated rings. The lowest BCUT2D eigenvalue weighted by Gasteiger charge is -2.10. The van der Waals surface area contributed by atoms with Crippen LogP contribution in [0.3, 0.4) is 0 Å². The Morgan fingerprint density at radius 2 is 1.76 bits per heavy atom. The van der Waals surface area contributed by atoms with Crippen LogP contribution in [0.25, 0.3) is 22.6 Å². The fourth-order valence-electron chi connectivity index (χ4n) is 2.14. The van der Waals surface area contributed by atoms with E-state index in [9.17, 15) is 5.26 Å². The molecule has 21 heavy (non-hydrogen) atoms. The Labute approximate surface area is 120 Å². The van der Waals surface area contributed by atoms with E-state index in [0.29, 0.717) is 17.0 Å². The molecular formula is C15H11N5O. The average Bonchev–Trinajstić information content (AvgIpc) is 3.00. The molecule has 0 radical (unpaired) electrons. The van der Waals surface area contributed by atoms with Crippen molar-refractivity contribution in [2.24, 2.45) is 0 Å². The van der Waals surface area contributed by atoms with Crippen molar-refractivity contribution >= 4 is 11.8 Å². The number of rotatable bonds is 2. The molecule has 0 aliphatic carbocycles. The molecule has 6 nitrogen and oxygen atoms in total. The maximum atomic E-state index is 9.30. The van der Waals surface area contributed by atoms with Crippen LogP contribution in [0.2, 0.25) is 0 Å². The van der Waals surface area contributed by atoms with Gasteiger partial charge in [0.2, 0.25) is 5.95 Å². The van der Waals surface area contributed by atoms with Gasteiger partial charge in [-0.2, -0.15) is 10.2 Å². The van der Waals surface area contributed by atoms with Gasteiger partial charge in [0.05, 0.1) is 12.0 Å². The Bertz CT molecular complexity index is 834. The summed E-state index contributed by atoms with van der Waals surface area (Å²) in [5, 5.41) is 9.30. The summed E-state index contributed by atoms with van der Waals surface area (Å²) >= 11 is 0. The van der Waals surface area contributed by atoms with Gasteiger partial charge in [-0.05, 0) is 12.1 Å². The van der Waals surface area contributed by atoms with Gasteiger partial charge in [0.15, 0.2) is 0 Å². The highest BCUT2D eigenvalue weighted by Gasteiger charge is 2.17. The molecule has 0 amide bonds. The van der Waals surface area contributed by atoms with Crippen molar-refractivity contribution in [3.8, 4) is 28.7 Å². The molecule has 3 rings (SSSR count). The second kappa shape index (κ2) is 4.98. The molecule has 102 valence electrons. The molecule has 2 aromatic heterocycles. The predicted octanol–water partition coefficient (Wildman–Crippen LogP) is 2.44.